The summed E-state index contributed by atoms with van der Waals surface area (Å²) in [6.45, 7) is 3.83. The molecule has 1 aliphatic carbocycles. The first kappa shape index (κ1) is 20.2. The normalized spacial score (nSPS) is 15.2. The number of nitrogens with zero attached hydrogens (tertiary/aromatic N) is 4. The molecule has 1 saturated carbocycles. The quantitative estimate of drug-likeness (QED) is 0.647. The van der Waals surface area contributed by atoms with E-state index < -0.39 is 5.82 Å². The molecule has 1 amide bonds. The van der Waals surface area contributed by atoms with Gasteiger partial charge in [-0.25, -0.2) is 14.4 Å². The van der Waals surface area contributed by atoms with Crippen LogP contribution in [0.5, 0.6) is 0 Å². The van der Waals surface area contributed by atoms with Crippen LogP contribution in [-0.2, 0) is 4.79 Å². The molecular formula is C23H25FN4O2. The molecule has 1 fully saturated rings. The van der Waals surface area contributed by atoms with E-state index in [1.807, 2.05) is 24.6 Å². The number of aromatic nitrogens is 3. The Balaban J connectivity index is 1.87. The van der Waals surface area contributed by atoms with E-state index in [1.165, 1.54) is 18.5 Å². The van der Waals surface area contributed by atoms with E-state index in [2.05, 4.69) is 9.97 Å². The lowest BCUT2D eigenvalue weighted by Crippen LogP contribution is -2.33. The van der Waals surface area contributed by atoms with Gasteiger partial charge in [-0.15, -0.1) is 0 Å². The van der Waals surface area contributed by atoms with Gasteiger partial charge in [0.05, 0.1) is 28.5 Å². The molecule has 0 unspecified atom stereocenters. The predicted molar refractivity (Wildman–Crippen MR) is 112 cm³/mol. The summed E-state index contributed by atoms with van der Waals surface area (Å²) in [7, 11) is 1.71. The molecule has 4 rings (SSSR count). The van der Waals surface area contributed by atoms with Crippen LogP contribution in [0.3, 0.4) is 0 Å². The van der Waals surface area contributed by atoms with E-state index in [-0.39, 0.29) is 23.4 Å². The van der Waals surface area contributed by atoms with Crippen LogP contribution in [0.15, 0.2) is 36.9 Å². The topological polar surface area (TPSA) is 68.1 Å². The van der Waals surface area contributed by atoms with Crippen molar-refractivity contribution in [1.29, 1.82) is 0 Å². The van der Waals surface area contributed by atoms with Crippen LogP contribution in [0.4, 0.5) is 4.39 Å². The Morgan fingerprint density at radius 1 is 1.27 bits per heavy atom. The number of halogens is 1. The van der Waals surface area contributed by atoms with Gasteiger partial charge < -0.3 is 9.47 Å². The number of rotatable bonds is 4. The van der Waals surface area contributed by atoms with Crippen molar-refractivity contribution >= 4 is 22.7 Å². The highest BCUT2D eigenvalue weighted by molar-refractivity contribution is 5.98. The summed E-state index contributed by atoms with van der Waals surface area (Å²) in [6, 6.07) is 4.24. The van der Waals surface area contributed by atoms with E-state index in [1.54, 1.807) is 24.2 Å². The van der Waals surface area contributed by atoms with Crippen molar-refractivity contribution in [3.63, 3.8) is 0 Å². The second-order valence-electron chi connectivity index (χ2n) is 8.20. The molecule has 0 spiro atoms. The third-order valence-corrected chi connectivity index (χ3v) is 6.02. The number of carbonyl (C=O) groups excluding carboxylic acids is 2. The molecule has 0 bridgehead atoms. The van der Waals surface area contributed by atoms with Gasteiger partial charge in [0.1, 0.15) is 17.9 Å². The fraction of sp³-hybridized carbons (Fsp3) is 0.391. The summed E-state index contributed by atoms with van der Waals surface area (Å²) >= 11 is 0. The second-order valence-corrected chi connectivity index (χ2v) is 8.20. The van der Waals surface area contributed by atoms with E-state index in [9.17, 15) is 14.0 Å². The Labute approximate surface area is 174 Å². The van der Waals surface area contributed by atoms with Crippen LogP contribution in [0.1, 0.15) is 61.4 Å². The van der Waals surface area contributed by atoms with E-state index >= 15 is 0 Å². The standard InChI is InChI=1S/C23H25FN4O2/c1-14(2)27(3)23(30)18-10-16(24)6-9-20(18)28-12-19(15-4-7-17(29)8-5-15)22-21(28)11-25-13-26-22/h6,9-15H,4-5,7-8H2,1-3H3. The van der Waals surface area contributed by atoms with Gasteiger partial charge in [-0.1, -0.05) is 0 Å². The van der Waals surface area contributed by atoms with Gasteiger partial charge >= 0.3 is 0 Å². The molecule has 2 aromatic heterocycles. The maximum Gasteiger partial charge on any atom is 0.256 e. The summed E-state index contributed by atoms with van der Waals surface area (Å²) in [5.41, 5.74) is 3.49. The van der Waals surface area contributed by atoms with E-state index in [0.29, 0.717) is 24.3 Å². The van der Waals surface area contributed by atoms with Crippen LogP contribution in [-0.4, -0.2) is 44.2 Å². The Kier molecular flexibility index (Phi) is 5.37. The van der Waals surface area contributed by atoms with Gasteiger partial charge in [0.2, 0.25) is 0 Å². The summed E-state index contributed by atoms with van der Waals surface area (Å²) < 4.78 is 16.0. The van der Waals surface area contributed by atoms with E-state index in [4.69, 9.17) is 0 Å². The number of ketones is 1. The minimum Gasteiger partial charge on any atom is -0.339 e. The Hall–Kier alpha value is -3.09. The highest BCUT2D eigenvalue weighted by atomic mass is 19.1. The fourth-order valence-electron chi connectivity index (χ4n) is 4.05. The lowest BCUT2D eigenvalue weighted by atomic mass is 9.84. The average molecular weight is 408 g/mol. The molecule has 0 radical (unpaired) electrons. The van der Waals surface area contributed by atoms with Gasteiger partial charge in [-0.05, 0) is 56.4 Å². The number of carbonyl (C=O) groups is 2. The number of Topliss-reactive ketones (excluding diaryl/α,β-unsaturated/α-hetero) is 1. The highest BCUT2D eigenvalue weighted by Gasteiger charge is 2.26. The Morgan fingerprint density at radius 2 is 2.00 bits per heavy atom. The molecule has 0 saturated heterocycles. The van der Waals surface area contributed by atoms with Gasteiger partial charge in [0, 0.05) is 32.1 Å². The first-order chi connectivity index (χ1) is 14.4. The zero-order valence-corrected chi connectivity index (χ0v) is 17.4. The molecule has 156 valence electrons. The minimum absolute atomic E-state index is 0.0197. The number of hydrogen-bond donors (Lipinski definition) is 0. The van der Waals surface area contributed by atoms with Gasteiger partial charge in [0.25, 0.3) is 5.91 Å². The molecule has 0 atom stereocenters. The molecule has 1 aliphatic rings. The third-order valence-electron chi connectivity index (χ3n) is 6.02. The Morgan fingerprint density at radius 3 is 2.70 bits per heavy atom. The van der Waals surface area contributed by atoms with Crippen molar-refractivity contribution in [2.75, 3.05) is 7.05 Å². The van der Waals surface area contributed by atoms with Crippen molar-refractivity contribution in [3.8, 4) is 5.69 Å². The lowest BCUT2D eigenvalue weighted by molar-refractivity contribution is -0.120. The molecule has 30 heavy (non-hydrogen) atoms. The molecule has 0 aliphatic heterocycles. The maximum absolute atomic E-state index is 14.1. The SMILES string of the molecule is CC(C)N(C)C(=O)c1cc(F)ccc1-n1cc(C2CCC(=O)CC2)c2ncncc21. The molecule has 7 heteroatoms. The highest BCUT2D eigenvalue weighted by Crippen LogP contribution is 2.37. The summed E-state index contributed by atoms with van der Waals surface area (Å²) in [5, 5.41) is 0. The van der Waals surface area contributed by atoms with Crippen molar-refractivity contribution in [2.45, 2.75) is 51.5 Å². The monoisotopic (exact) mass is 408 g/mol. The number of amides is 1. The van der Waals surface area contributed by atoms with Crippen molar-refractivity contribution in [3.05, 3.63) is 53.9 Å². The second kappa shape index (κ2) is 7.97. The van der Waals surface area contributed by atoms with E-state index in [0.717, 1.165) is 29.4 Å². The fourth-order valence-corrected chi connectivity index (χ4v) is 4.05. The number of hydrogen-bond acceptors (Lipinski definition) is 4. The first-order valence-electron chi connectivity index (χ1n) is 10.3. The molecule has 6 nitrogen and oxygen atoms in total. The molecule has 1 aromatic carbocycles. The maximum atomic E-state index is 14.1. The summed E-state index contributed by atoms with van der Waals surface area (Å²) in [4.78, 5) is 35.0. The van der Waals surface area contributed by atoms with Crippen LogP contribution in [0, 0.1) is 5.82 Å². The van der Waals surface area contributed by atoms with Gasteiger partial charge in [0.15, 0.2) is 0 Å². The smallest absolute Gasteiger partial charge is 0.256 e. The minimum atomic E-state index is -0.460. The largest absolute Gasteiger partial charge is 0.339 e. The average Bonchev–Trinajstić information content (AvgIpc) is 3.12. The molecule has 0 N–H and O–H groups in total. The van der Waals surface area contributed by atoms with Crippen LogP contribution in [0.25, 0.3) is 16.7 Å². The zero-order chi connectivity index (χ0) is 21.4. The van der Waals surface area contributed by atoms with Gasteiger partial charge in [-0.3, -0.25) is 9.59 Å². The predicted octanol–water partition coefficient (Wildman–Crippen LogP) is 4.27. The molecule has 2 heterocycles. The van der Waals surface area contributed by atoms with Gasteiger partial charge in [-0.2, -0.15) is 0 Å². The lowest BCUT2D eigenvalue weighted by Gasteiger charge is -2.23. The molecular weight excluding hydrogens is 383 g/mol. The number of benzene rings is 1. The Bertz CT molecular complexity index is 1110. The van der Waals surface area contributed by atoms with Crippen LogP contribution < -0.4 is 0 Å². The third kappa shape index (κ3) is 3.60. The van der Waals surface area contributed by atoms with Crippen LogP contribution >= 0.6 is 0 Å². The first-order valence-corrected chi connectivity index (χ1v) is 10.3. The van der Waals surface area contributed by atoms with Crippen molar-refractivity contribution < 1.29 is 14.0 Å². The zero-order valence-electron chi connectivity index (χ0n) is 17.4. The number of fused-ring (bicyclic) bond motifs is 1. The van der Waals surface area contributed by atoms with Crippen molar-refractivity contribution in [2.24, 2.45) is 0 Å². The van der Waals surface area contributed by atoms with Crippen LogP contribution in [0.2, 0.25) is 0 Å². The summed E-state index contributed by atoms with van der Waals surface area (Å²) in [6.07, 6.45) is 7.90. The van der Waals surface area contributed by atoms with Crippen molar-refractivity contribution in [1.82, 2.24) is 19.4 Å². The summed E-state index contributed by atoms with van der Waals surface area (Å²) in [5.74, 6) is -0.187. The molecule has 3 aromatic rings.